The van der Waals surface area contributed by atoms with E-state index in [0.29, 0.717) is 5.92 Å². The van der Waals surface area contributed by atoms with Crippen molar-refractivity contribution in [1.82, 2.24) is 10.2 Å². The summed E-state index contributed by atoms with van der Waals surface area (Å²) >= 11 is 0. The first-order valence-corrected chi connectivity index (χ1v) is 9.91. The Hall–Kier alpha value is -2.33. The summed E-state index contributed by atoms with van der Waals surface area (Å²) in [6.45, 7) is 6.22. The third-order valence-electron chi connectivity index (χ3n) is 5.25. The van der Waals surface area contributed by atoms with Crippen molar-refractivity contribution in [2.45, 2.75) is 26.2 Å². The van der Waals surface area contributed by atoms with Crippen LogP contribution in [-0.2, 0) is 11.2 Å². The number of likely N-dealkylation sites (tertiary alicyclic amines) is 1. The highest BCUT2D eigenvalue weighted by Gasteiger charge is 2.19. The SMILES string of the molecule is Cc1ccc(OCC(=O)NCC2CCN(CCc3ccccc3)CC2)cc1. The summed E-state index contributed by atoms with van der Waals surface area (Å²) in [7, 11) is 0. The minimum Gasteiger partial charge on any atom is -0.484 e. The summed E-state index contributed by atoms with van der Waals surface area (Å²) in [5.41, 5.74) is 2.59. The number of nitrogens with zero attached hydrogens (tertiary/aromatic N) is 1. The Bertz CT molecular complexity index is 692. The molecule has 4 heteroatoms. The van der Waals surface area contributed by atoms with E-state index in [1.54, 1.807) is 0 Å². The Morgan fingerprint density at radius 1 is 1.07 bits per heavy atom. The maximum absolute atomic E-state index is 12.0. The molecule has 4 nitrogen and oxygen atoms in total. The first-order chi connectivity index (χ1) is 13.2. The molecule has 0 saturated carbocycles. The summed E-state index contributed by atoms with van der Waals surface area (Å²) in [4.78, 5) is 14.5. The van der Waals surface area contributed by atoms with E-state index < -0.39 is 0 Å². The molecular formula is C23H30N2O2. The van der Waals surface area contributed by atoms with Crippen molar-refractivity contribution in [3.05, 3.63) is 65.7 Å². The summed E-state index contributed by atoms with van der Waals surface area (Å²) < 4.78 is 5.53. The fourth-order valence-electron chi connectivity index (χ4n) is 3.44. The van der Waals surface area contributed by atoms with Crippen LogP contribution in [0.3, 0.4) is 0 Å². The molecule has 2 aromatic carbocycles. The minimum absolute atomic E-state index is 0.0397. The number of hydrogen-bond acceptors (Lipinski definition) is 3. The average Bonchev–Trinajstić information content (AvgIpc) is 2.72. The Morgan fingerprint density at radius 3 is 2.48 bits per heavy atom. The topological polar surface area (TPSA) is 41.6 Å². The summed E-state index contributed by atoms with van der Waals surface area (Å²) in [5.74, 6) is 1.27. The van der Waals surface area contributed by atoms with Gasteiger partial charge in [0.25, 0.3) is 5.91 Å². The average molecular weight is 367 g/mol. The lowest BCUT2D eigenvalue weighted by molar-refractivity contribution is -0.123. The normalized spacial score (nSPS) is 15.4. The third kappa shape index (κ3) is 6.72. The second-order valence-electron chi connectivity index (χ2n) is 7.43. The van der Waals surface area contributed by atoms with Crippen molar-refractivity contribution >= 4 is 5.91 Å². The van der Waals surface area contributed by atoms with E-state index in [0.717, 1.165) is 51.2 Å². The van der Waals surface area contributed by atoms with Crippen molar-refractivity contribution in [2.24, 2.45) is 5.92 Å². The molecular weight excluding hydrogens is 336 g/mol. The van der Waals surface area contributed by atoms with Crippen molar-refractivity contribution in [1.29, 1.82) is 0 Å². The van der Waals surface area contributed by atoms with Crippen molar-refractivity contribution in [3.8, 4) is 5.75 Å². The predicted octanol–water partition coefficient (Wildman–Crippen LogP) is 3.44. The quantitative estimate of drug-likeness (QED) is 0.778. The lowest BCUT2D eigenvalue weighted by atomic mass is 9.96. The molecule has 1 saturated heterocycles. The van der Waals surface area contributed by atoms with Gasteiger partial charge in [0.05, 0.1) is 0 Å². The molecule has 0 aromatic heterocycles. The number of piperidine rings is 1. The number of rotatable bonds is 8. The summed E-state index contributed by atoms with van der Waals surface area (Å²) in [6, 6.07) is 18.4. The molecule has 0 radical (unpaired) electrons. The van der Waals surface area contributed by atoms with Crippen LogP contribution in [-0.4, -0.2) is 43.6 Å². The van der Waals surface area contributed by atoms with Gasteiger partial charge in [-0.1, -0.05) is 48.0 Å². The van der Waals surface area contributed by atoms with Crippen LogP contribution in [0.25, 0.3) is 0 Å². The second kappa shape index (κ2) is 10.1. The highest BCUT2D eigenvalue weighted by atomic mass is 16.5. The highest BCUT2D eigenvalue weighted by molar-refractivity contribution is 5.77. The van der Waals surface area contributed by atoms with Crippen LogP contribution >= 0.6 is 0 Å². The fourth-order valence-corrected chi connectivity index (χ4v) is 3.44. The van der Waals surface area contributed by atoms with Gasteiger partial charge in [-0.2, -0.15) is 0 Å². The van der Waals surface area contributed by atoms with E-state index in [9.17, 15) is 4.79 Å². The lowest BCUT2D eigenvalue weighted by Crippen LogP contribution is -2.40. The zero-order valence-corrected chi connectivity index (χ0v) is 16.2. The van der Waals surface area contributed by atoms with Crippen LogP contribution in [0.1, 0.15) is 24.0 Å². The zero-order chi connectivity index (χ0) is 18.9. The van der Waals surface area contributed by atoms with Gasteiger partial charge in [-0.3, -0.25) is 4.79 Å². The molecule has 0 bridgehead atoms. The molecule has 1 heterocycles. The Morgan fingerprint density at radius 2 is 1.78 bits per heavy atom. The lowest BCUT2D eigenvalue weighted by Gasteiger charge is -2.32. The molecule has 2 aromatic rings. The maximum Gasteiger partial charge on any atom is 0.257 e. The number of aryl methyl sites for hydroxylation is 1. The van der Waals surface area contributed by atoms with Crippen LogP contribution in [0.2, 0.25) is 0 Å². The Balaban J connectivity index is 1.28. The van der Waals surface area contributed by atoms with Gasteiger partial charge in [0.2, 0.25) is 0 Å². The number of hydrogen-bond donors (Lipinski definition) is 1. The van der Waals surface area contributed by atoms with Gasteiger partial charge in [-0.05, 0) is 62.9 Å². The first kappa shape index (κ1) is 19.4. The van der Waals surface area contributed by atoms with E-state index in [1.807, 2.05) is 31.2 Å². The molecule has 1 fully saturated rings. The number of amides is 1. The van der Waals surface area contributed by atoms with E-state index in [2.05, 4.69) is 40.5 Å². The minimum atomic E-state index is -0.0397. The van der Waals surface area contributed by atoms with Crippen LogP contribution in [0, 0.1) is 12.8 Å². The molecule has 27 heavy (non-hydrogen) atoms. The Kier molecular flexibility index (Phi) is 7.28. The van der Waals surface area contributed by atoms with Crippen LogP contribution in [0.15, 0.2) is 54.6 Å². The molecule has 3 rings (SSSR count). The number of ether oxygens (including phenoxy) is 1. The maximum atomic E-state index is 12.0. The first-order valence-electron chi connectivity index (χ1n) is 9.91. The number of carbonyl (C=O) groups excluding carboxylic acids is 1. The molecule has 0 aliphatic carbocycles. The van der Waals surface area contributed by atoms with Gasteiger partial charge in [-0.15, -0.1) is 0 Å². The molecule has 1 aliphatic rings. The van der Waals surface area contributed by atoms with Crippen molar-refractivity contribution in [3.63, 3.8) is 0 Å². The monoisotopic (exact) mass is 366 g/mol. The number of carbonyl (C=O) groups is 1. The molecule has 0 atom stereocenters. The van der Waals surface area contributed by atoms with E-state index in [-0.39, 0.29) is 12.5 Å². The van der Waals surface area contributed by atoms with Crippen molar-refractivity contribution < 1.29 is 9.53 Å². The third-order valence-corrected chi connectivity index (χ3v) is 5.25. The van der Waals surface area contributed by atoms with Gasteiger partial charge < -0.3 is 15.0 Å². The fraction of sp³-hybridized carbons (Fsp3) is 0.435. The smallest absolute Gasteiger partial charge is 0.257 e. The number of benzene rings is 2. The van der Waals surface area contributed by atoms with Crippen LogP contribution in [0.4, 0.5) is 0 Å². The molecule has 1 N–H and O–H groups in total. The standard InChI is InChI=1S/C23H30N2O2/c1-19-7-9-22(10-8-19)27-18-23(26)24-17-21-12-15-25(16-13-21)14-11-20-5-3-2-4-6-20/h2-10,21H,11-18H2,1H3,(H,24,26). The molecule has 1 amide bonds. The van der Waals surface area contributed by atoms with E-state index in [1.165, 1.54) is 11.1 Å². The van der Waals surface area contributed by atoms with E-state index in [4.69, 9.17) is 4.74 Å². The van der Waals surface area contributed by atoms with Gasteiger partial charge >= 0.3 is 0 Å². The van der Waals surface area contributed by atoms with Crippen LogP contribution < -0.4 is 10.1 Å². The Labute approximate surface area is 162 Å². The van der Waals surface area contributed by atoms with Crippen LogP contribution in [0.5, 0.6) is 5.75 Å². The van der Waals surface area contributed by atoms with Crippen molar-refractivity contribution in [2.75, 3.05) is 32.8 Å². The molecule has 1 aliphatic heterocycles. The second-order valence-corrected chi connectivity index (χ2v) is 7.43. The number of nitrogens with one attached hydrogen (secondary N) is 1. The summed E-state index contributed by atoms with van der Waals surface area (Å²) in [6.07, 6.45) is 3.40. The van der Waals surface area contributed by atoms with Gasteiger partial charge in [0.15, 0.2) is 6.61 Å². The molecule has 0 unspecified atom stereocenters. The van der Waals surface area contributed by atoms with Gasteiger partial charge in [0.1, 0.15) is 5.75 Å². The molecule has 144 valence electrons. The molecule has 0 spiro atoms. The van der Waals surface area contributed by atoms with Gasteiger partial charge in [0, 0.05) is 13.1 Å². The zero-order valence-electron chi connectivity index (χ0n) is 16.2. The predicted molar refractivity (Wildman–Crippen MR) is 109 cm³/mol. The largest absolute Gasteiger partial charge is 0.484 e. The summed E-state index contributed by atoms with van der Waals surface area (Å²) in [5, 5.41) is 3.02. The van der Waals surface area contributed by atoms with Gasteiger partial charge in [-0.25, -0.2) is 0 Å². The van der Waals surface area contributed by atoms with E-state index >= 15 is 0 Å². The highest BCUT2D eigenvalue weighted by Crippen LogP contribution is 2.17.